The van der Waals surface area contributed by atoms with E-state index in [-0.39, 0.29) is 17.5 Å². The molecule has 9 nitrogen and oxygen atoms in total. The Balaban J connectivity index is 1.77. The zero-order valence-electron chi connectivity index (χ0n) is 13.6. The highest BCUT2D eigenvalue weighted by Gasteiger charge is 2.32. The molecule has 2 aromatic heterocycles. The fourth-order valence-corrected chi connectivity index (χ4v) is 4.65. The van der Waals surface area contributed by atoms with Crippen molar-refractivity contribution in [3.63, 3.8) is 0 Å². The van der Waals surface area contributed by atoms with Crippen LogP contribution in [0.4, 0.5) is 0 Å². The first-order chi connectivity index (χ1) is 12.4. The van der Waals surface area contributed by atoms with Crippen LogP contribution < -0.4 is 5.73 Å². The smallest absolute Gasteiger partial charge is 0.248 e. The lowest BCUT2D eigenvalue weighted by Crippen LogP contribution is -2.14. The van der Waals surface area contributed by atoms with Gasteiger partial charge in [-0.2, -0.15) is 5.10 Å². The second kappa shape index (κ2) is 6.06. The van der Waals surface area contributed by atoms with Crippen LogP contribution in [0.2, 0.25) is 0 Å². The van der Waals surface area contributed by atoms with Crippen LogP contribution in [0.5, 0.6) is 0 Å². The van der Waals surface area contributed by atoms with Crippen molar-refractivity contribution >= 4 is 15.7 Å². The number of hydrogen-bond donors (Lipinski definition) is 1. The number of aromatic nitrogens is 4. The highest BCUT2D eigenvalue weighted by molar-refractivity contribution is 7.91. The Morgan fingerprint density at radius 1 is 1.23 bits per heavy atom. The topological polar surface area (TPSA) is 134 Å². The van der Waals surface area contributed by atoms with E-state index in [1.165, 1.54) is 6.26 Å². The van der Waals surface area contributed by atoms with Crippen LogP contribution in [-0.4, -0.2) is 45.8 Å². The maximum atomic E-state index is 11.9. The Labute approximate surface area is 148 Å². The number of nitrogens with two attached hydrogens (primary N) is 1. The first-order valence-electron chi connectivity index (χ1n) is 7.91. The molecule has 0 bridgehead atoms. The molecule has 0 spiro atoms. The number of carbonyl (C=O) groups is 1. The summed E-state index contributed by atoms with van der Waals surface area (Å²) in [6.07, 6.45) is 1.89. The van der Waals surface area contributed by atoms with Gasteiger partial charge < -0.3 is 10.3 Å². The average molecular weight is 373 g/mol. The van der Waals surface area contributed by atoms with E-state index in [0.717, 1.165) is 0 Å². The third-order valence-corrected chi connectivity index (χ3v) is 6.03. The van der Waals surface area contributed by atoms with Gasteiger partial charge in [-0.3, -0.25) is 4.79 Å². The first kappa shape index (κ1) is 16.5. The second-order valence-electron chi connectivity index (χ2n) is 6.09. The van der Waals surface area contributed by atoms with Crippen LogP contribution in [0.3, 0.4) is 0 Å². The Bertz CT molecular complexity index is 1050. The second-order valence-corrected chi connectivity index (χ2v) is 8.32. The summed E-state index contributed by atoms with van der Waals surface area (Å²) in [7, 11) is -3.08. The molecule has 1 atom stereocenters. The molecule has 0 saturated carbocycles. The first-order valence-corrected chi connectivity index (χ1v) is 9.73. The van der Waals surface area contributed by atoms with Gasteiger partial charge >= 0.3 is 0 Å². The molecule has 2 N–H and O–H groups in total. The molecular weight excluding hydrogens is 358 g/mol. The van der Waals surface area contributed by atoms with Crippen molar-refractivity contribution in [2.75, 3.05) is 11.5 Å². The third kappa shape index (κ3) is 2.99. The van der Waals surface area contributed by atoms with Crippen molar-refractivity contribution < 1.29 is 17.7 Å². The van der Waals surface area contributed by atoms with E-state index < -0.39 is 15.7 Å². The standard InChI is InChI=1S/C16H15N5O4S/c17-14(22)10-1-3-11(4-2-10)15-18-16(13-5-7-25-20-13)21(19-15)12-6-8-26(23,24)9-12/h1-5,7,12H,6,8-9H2,(H2,17,22). The quantitative estimate of drug-likeness (QED) is 0.722. The third-order valence-electron chi connectivity index (χ3n) is 4.28. The number of amides is 1. The minimum atomic E-state index is -3.08. The molecule has 10 heteroatoms. The molecule has 1 unspecified atom stereocenters. The number of benzene rings is 1. The fourth-order valence-electron chi connectivity index (χ4n) is 2.95. The summed E-state index contributed by atoms with van der Waals surface area (Å²) in [6.45, 7) is 0. The van der Waals surface area contributed by atoms with E-state index in [4.69, 9.17) is 10.3 Å². The number of sulfone groups is 1. The molecule has 134 valence electrons. The Hall–Kier alpha value is -3.01. The summed E-state index contributed by atoms with van der Waals surface area (Å²) in [4.78, 5) is 15.7. The maximum Gasteiger partial charge on any atom is 0.248 e. The Morgan fingerprint density at radius 2 is 2.00 bits per heavy atom. The SMILES string of the molecule is NC(=O)c1ccc(-c2nc(-c3ccon3)n(C3CCS(=O)(=O)C3)n2)cc1. The normalized spacial score (nSPS) is 18.8. The molecule has 1 amide bonds. The van der Waals surface area contributed by atoms with Crippen LogP contribution in [0, 0.1) is 0 Å². The predicted molar refractivity (Wildman–Crippen MR) is 91.8 cm³/mol. The van der Waals surface area contributed by atoms with Crippen molar-refractivity contribution in [1.82, 2.24) is 19.9 Å². The van der Waals surface area contributed by atoms with E-state index >= 15 is 0 Å². The van der Waals surface area contributed by atoms with Crippen LogP contribution in [0.25, 0.3) is 22.9 Å². The minimum Gasteiger partial charge on any atom is -0.366 e. The largest absolute Gasteiger partial charge is 0.366 e. The van der Waals surface area contributed by atoms with Crippen molar-refractivity contribution in [2.45, 2.75) is 12.5 Å². The molecule has 26 heavy (non-hydrogen) atoms. The van der Waals surface area contributed by atoms with Gasteiger partial charge in [0.1, 0.15) is 6.26 Å². The molecular formula is C16H15N5O4S. The molecule has 4 rings (SSSR count). The highest BCUT2D eigenvalue weighted by Crippen LogP contribution is 2.30. The fraction of sp³-hybridized carbons (Fsp3) is 0.250. The maximum absolute atomic E-state index is 11.9. The predicted octanol–water partition coefficient (Wildman–Crippen LogP) is 1.06. The number of nitrogens with zero attached hydrogens (tertiary/aromatic N) is 4. The van der Waals surface area contributed by atoms with Gasteiger partial charge in [0.05, 0.1) is 17.5 Å². The monoisotopic (exact) mass is 373 g/mol. The van der Waals surface area contributed by atoms with Gasteiger partial charge in [0.2, 0.25) is 5.91 Å². The summed E-state index contributed by atoms with van der Waals surface area (Å²) in [6, 6.07) is 7.90. The summed E-state index contributed by atoms with van der Waals surface area (Å²) in [5.41, 5.74) is 6.79. The van der Waals surface area contributed by atoms with E-state index in [1.807, 2.05) is 0 Å². The van der Waals surface area contributed by atoms with Gasteiger partial charge in [0.15, 0.2) is 27.2 Å². The van der Waals surface area contributed by atoms with Crippen molar-refractivity contribution in [3.05, 3.63) is 42.2 Å². The van der Waals surface area contributed by atoms with Crippen molar-refractivity contribution in [2.24, 2.45) is 5.73 Å². The molecule has 1 aliphatic rings. The molecule has 1 saturated heterocycles. The lowest BCUT2D eigenvalue weighted by Gasteiger charge is -2.09. The lowest BCUT2D eigenvalue weighted by atomic mass is 10.1. The highest BCUT2D eigenvalue weighted by atomic mass is 32.2. The van der Waals surface area contributed by atoms with E-state index in [9.17, 15) is 13.2 Å². The van der Waals surface area contributed by atoms with Gasteiger partial charge in [-0.15, -0.1) is 0 Å². The minimum absolute atomic E-state index is 0.0151. The van der Waals surface area contributed by atoms with Gasteiger partial charge in [0.25, 0.3) is 0 Å². The molecule has 0 radical (unpaired) electrons. The van der Waals surface area contributed by atoms with Crippen molar-refractivity contribution in [3.8, 4) is 22.9 Å². The number of carbonyl (C=O) groups excluding carboxylic acids is 1. The molecule has 3 aromatic rings. The van der Waals surface area contributed by atoms with Crippen molar-refractivity contribution in [1.29, 1.82) is 0 Å². The van der Waals surface area contributed by atoms with Crippen LogP contribution >= 0.6 is 0 Å². The van der Waals surface area contributed by atoms with Crippen LogP contribution in [0.15, 0.2) is 41.1 Å². The Morgan fingerprint density at radius 3 is 2.58 bits per heavy atom. The lowest BCUT2D eigenvalue weighted by molar-refractivity contribution is 0.100. The van der Waals surface area contributed by atoms with Gasteiger partial charge in [-0.25, -0.2) is 18.1 Å². The number of rotatable bonds is 4. The van der Waals surface area contributed by atoms with Gasteiger partial charge in [-0.05, 0) is 18.6 Å². The molecule has 3 heterocycles. The summed E-state index contributed by atoms with van der Waals surface area (Å²) < 4.78 is 30.2. The average Bonchev–Trinajstić information content (AvgIpc) is 3.33. The van der Waals surface area contributed by atoms with E-state index in [2.05, 4.69) is 15.2 Å². The summed E-state index contributed by atoms with van der Waals surface area (Å²) >= 11 is 0. The zero-order chi connectivity index (χ0) is 18.3. The molecule has 0 aliphatic carbocycles. The molecule has 1 fully saturated rings. The molecule has 1 aliphatic heterocycles. The van der Waals surface area contributed by atoms with Crippen LogP contribution in [0.1, 0.15) is 22.8 Å². The zero-order valence-corrected chi connectivity index (χ0v) is 14.4. The van der Waals surface area contributed by atoms with E-state index in [0.29, 0.717) is 34.9 Å². The van der Waals surface area contributed by atoms with Crippen LogP contribution in [-0.2, 0) is 9.84 Å². The summed E-state index contributed by atoms with van der Waals surface area (Å²) in [5.74, 6) is 0.465. The Kier molecular flexibility index (Phi) is 3.83. The van der Waals surface area contributed by atoms with Gasteiger partial charge in [0, 0.05) is 17.2 Å². The summed E-state index contributed by atoms with van der Waals surface area (Å²) in [5, 5.41) is 8.39. The number of hydrogen-bond acceptors (Lipinski definition) is 7. The molecule has 1 aromatic carbocycles. The number of primary amides is 1. The van der Waals surface area contributed by atoms with E-state index in [1.54, 1.807) is 35.0 Å². The van der Waals surface area contributed by atoms with Gasteiger partial charge in [-0.1, -0.05) is 17.3 Å².